The second-order valence-electron chi connectivity index (χ2n) is 6.61. The van der Waals surface area contributed by atoms with E-state index < -0.39 is 21.8 Å². The summed E-state index contributed by atoms with van der Waals surface area (Å²) in [4.78, 5) is -0.00119. The van der Waals surface area contributed by atoms with Crippen molar-refractivity contribution in [2.45, 2.75) is 24.5 Å². The number of rotatable bonds is 5. The number of sulfonamides is 1. The summed E-state index contributed by atoms with van der Waals surface area (Å²) in [6, 6.07) is 17.0. The smallest absolute Gasteiger partial charge is 0.399 e. The molecule has 0 aliphatic heterocycles. The maximum absolute atomic E-state index is 13.3. The highest BCUT2D eigenvalue weighted by Crippen LogP contribution is 2.32. The standard InChI is InChI=1S/C21H19F3N2O2S/c1-15-2-4-16(5-3-15)14-26(19-10-6-17(7-11-19)21(22,23)24)29(27,28)20-12-8-18(25)9-13-20/h2-13H,14,25H2,1H3. The summed E-state index contributed by atoms with van der Waals surface area (Å²) in [5.74, 6) is 0. The van der Waals surface area contributed by atoms with Crippen LogP contribution in [0.25, 0.3) is 0 Å². The molecule has 0 spiro atoms. The van der Waals surface area contributed by atoms with Crippen molar-refractivity contribution in [1.29, 1.82) is 0 Å². The summed E-state index contributed by atoms with van der Waals surface area (Å²) < 4.78 is 66.3. The highest BCUT2D eigenvalue weighted by molar-refractivity contribution is 7.92. The normalized spacial score (nSPS) is 12.0. The zero-order valence-electron chi connectivity index (χ0n) is 15.5. The van der Waals surface area contributed by atoms with Crippen molar-refractivity contribution in [2.75, 3.05) is 10.0 Å². The molecule has 2 N–H and O–H groups in total. The molecule has 0 heterocycles. The third-order valence-corrected chi connectivity index (χ3v) is 6.19. The van der Waals surface area contributed by atoms with Crippen molar-refractivity contribution in [2.24, 2.45) is 0 Å². The molecule has 8 heteroatoms. The lowest BCUT2D eigenvalue weighted by atomic mass is 10.1. The fourth-order valence-corrected chi connectivity index (χ4v) is 4.21. The Bertz CT molecular complexity index is 1080. The van der Waals surface area contributed by atoms with Crippen LogP contribution in [0.1, 0.15) is 16.7 Å². The molecule has 152 valence electrons. The summed E-state index contributed by atoms with van der Waals surface area (Å²) in [5, 5.41) is 0. The first-order chi connectivity index (χ1) is 13.6. The van der Waals surface area contributed by atoms with Crippen LogP contribution in [0.3, 0.4) is 0 Å². The summed E-state index contributed by atoms with van der Waals surface area (Å²) >= 11 is 0. The van der Waals surface area contributed by atoms with Gasteiger partial charge in [-0.1, -0.05) is 29.8 Å². The molecular weight excluding hydrogens is 401 g/mol. The van der Waals surface area contributed by atoms with Gasteiger partial charge in [0.1, 0.15) is 0 Å². The van der Waals surface area contributed by atoms with Crippen LogP contribution in [0.15, 0.2) is 77.7 Å². The highest BCUT2D eigenvalue weighted by Gasteiger charge is 2.31. The Morgan fingerprint density at radius 1 is 0.862 bits per heavy atom. The number of hydrogen-bond donors (Lipinski definition) is 1. The first kappa shape index (κ1) is 20.7. The maximum Gasteiger partial charge on any atom is 0.416 e. The summed E-state index contributed by atoms with van der Waals surface area (Å²) in [6.07, 6.45) is -4.50. The van der Waals surface area contributed by atoms with Gasteiger partial charge in [0.25, 0.3) is 10.0 Å². The van der Waals surface area contributed by atoms with Gasteiger partial charge in [0.05, 0.1) is 22.7 Å². The fraction of sp³-hybridized carbons (Fsp3) is 0.143. The van der Waals surface area contributed by atoms with E-state index in [4.69, 9.17) is 5.73 Å². The lowest BCUT2D eigenvalue weighted by Gasteiger charge is -2.25. The van der Waals surface area contributed by atoms with Crippen molar-refractivity contribution >= 4 is 21.4 Å². The van der Waals surface area contributed by atoms with E-state index in [1.54, 1.807) is 12.1 Å². The Hall–Kier alpha value is -3.00. The molecule has 29 heavy (non-hydrogen) atoms. The Labute approximate surface area is 167 Å². The van der Waals surface area contributed by atoms with Crippen LogP contribution in [-0.2, 0) is 22.7 Å². The third-order valence-electron chi connectivity index (χ3n) is 4.40. The fourth-order valence-electron chi connectivity index (χ4n) is 2.76. The Morgan fingerprint density at radius 3 is 1.93 bits per heavy atom. The van der Waals surface area contributed by atoms with E-state index in [-0.39, 0.29) is 17.1 Å². The second kappa shape index (κ2) is 7.79. The van der Waals surface area contributed by atoms with Crippen LogP contribution in [0.2, 0.25) is 0 Å². The predicted molar refractivity (Wildman–Crippen MR) is 107 cm³/mol. The molecule has 0 saturated heterocycles. The predicted octanol–water partition coefficient (Wildman–Crippen LogP) is 4.99. The van der Waals surface area contributed by atoms with Crippen molar-refractivity contribution < 1.29 is 21.6 Å². The number of anilines is 2. The van der Waals surface area contributed by atoms with Gasteiger partial charge in [0.15, 0.2) is 0 Å². The van der Waals surface area contributed by atoms with E-state index in [9.17, 15) is 21.6 Å². The van der Waals surface area contributed by atoms with Gasteiger partial charge in [-0.3, -0.25) is 4.31 Å². The van der Waals surface area contributed by atoms with Gasteiger partial charge in [0.2, 0.25) is 0 Å². The number of nitrogens with two attached hydrogens (primary N) is 1. The average Bonchev–Trinajstić information content (AvgIpc) is 2.67. The summed E-state index contributed by atoms with van der Waals surface area (Å²) in [6.45, 7) is 1.88. The van der Waals surface area contributed by atoms with Crippen LogP contribution in [-0.4, -0.2) is 8.42 Å². The highest BCUT2D eigenvalue weighted by atomic mass is 32.2. The number of nitrogens with zero attached hydrogens (tertiary/aromatic N) is 1. The third kappa shape index (κ3) is 4.71. The first-order valence-electron chi connectivity index (χ1n) is 8.68. The van der Waals surface area contributed by atoms with E-state index in [0.717, 1.165) is 34.1 Å². The monoisotopic (exact) mass is 420 g/mol. The summed E-state index contributed by atoms with van der Waals surface area (Å²) in [5.41, 5.74) is 7.05. The van der Waals surface area contributed by atoms with Crippen LogP contribution >= 0.6 is 0 Å². The Kier molecular flexibility index (Phi) is 5.57. The van der Waals surface area contributed by atoms with Gasteiger partial charge in [-0.15, -0.1) is 0 Å². The number of aryl methyl sites for hydroxylation is 1. The minimum absolute atomic E-state index is 0.00119. The van der Waals surface area contributed by atoms with Gasteiger partial charge in [-0.2, -0.15) is 13.2 Å². The molecule has 0 unspecified atom stereocenters. The summed E-state index contributed by atoms with van der Waals surface area (Å²) in [7, 11) is -4.03. The van der Waals surface area contributed by atoms with Gasteiger partial charge in [0, 0.05) is 5.69 Å². The molecule has 0 fully saturated rings. The van der Waals surface area contributed by atoms with E-state index in [0.29, 0.717) is 11.3 Å². The number of alkyl halides is 3. The van der Waals surface area contributed by atoms with E-state index >= 15 is 0 Å². The number of benzene rings is 3. The zero-order chi connectivity index (χ0) is 21.2. The van der Waals surface area contributed by atoms with E-state index in [1.165, 1.54) is 24.3 Å². The van der Waals surface area contributed by atoms with Gasteiger partial charge in [-0.25, -0.2) is 8.42 Å². The Balaban J connectivity index is 2.06. The van der Waals surface area contributed by atoms with Crippen LogP contribution in [0.5, 0.6) is 0 Å². The first-order valence-corrected chi connectivity index (χ1v) is 10.1. The average molecular weight is 420 g/mol. The molecule has 0 aromatic heterocycles. The lowest BCUT2D eigenvalue weighted by Crippen LogP contribution is -2.30. The molecule has 3 aromatic carbocycles. The molecule has 4 nitrogen and oxygen atoms in total. The van der Waals surface area contributed by atoms with Gasteiger partial charge < -0.3 is 5.73 Å². The minimum atomic E-state index is -4.50. The van der Waals surface area contributed by atoms with Crippen LogP contribution in [0.4, 0.5) is 24.5 Å². The second-order valence-corrected chi connectivity index (χ2v) is 8.47. The largest absolute Gasteiger partial charge is 0.416 e. The van der Waals surface area contributed by atoms with Crippen LogP contribution in [0, 0.1) is 6.92 Å². The Morgan fingerprint density at radius 2 is 1.41 bits per heavy atom. The molecule has 0 aliphatic rings. The molecule has 0 atom stereocenters. The molecule has 3 rings (SSSR count). The number of nitrogen functional groups attached to an aromatic ring is 1. The lowest BCUT2D eigenvalue weighted by molar-refractivity contribution is -0.137. The maximum atomic E-state index is 13.3. The van der Waals surface area contributed by atoms with E-state index in [1.807, 2.05) is 19.1 Å². The molecule has 0 aliphatic carbocycles. The van der Waals surface area contributed by atoms with E-state index in [2.05, 4.69) is 0 Å². The van der Waals surface area contributed by atoms with Crippen molar-refractivity contribution in [3.63, 3.8) is 0 Å². The number of hydrogen-bond acceptors (Lipinski definition) is 3. The number of halogens is 3. The topological polar surface area (TPSA) is 63.4 Å². The van der Waals surface area contributed by atoms with Crippen molar-refractivity contribution in [1.82, 2.24) is 0 Å². The zero-order valence-corrected chi connectivity index (χ0v) is 16.3. The molecule has 0 bridgehead atoms. The molecule has 0 saturated carbocycles. The molecule has 0 amide bonds. The minimum Gasteiger partial charge on any atom is -0.399 e. The SMILES string of the molecule is Cc1ccc(CN(c2ccc(C(F)(F)F)cc2)S(=O)(=O)c2ccc(N)cc2)cc1. The molecular formula is C21H19F3N2O2S. The van der Waals surface area contributed by atoms with Crippen molar-refractivity contribution in [3.8, 4) is 0 Å². The molecule has 0 radical (unpaired) electrons. The van der Waals surface area contributed by atoms with Gasteiger partial charge in [-0.05, 0) is 61.0 Å². The molecule has 3 aromatic rings. The van der Waals surface area contributed by atoms with Crippen molar-refractivity contribution in [3.05, 3.63) is 89.5 Å². The van der Waals surface area contributed by atoms with Gasteiger partial charge >= 0.3 is 6.18 Å². The quantitative estimate of drug-likeness (QED) is 0.592. The van der Waals surface area contributed by atoms with Crippen LogP contribution < -0.4 is 10.0 Å².